The zero-order chi connectivity index (χ0) is 32.8. The van der Waals surface area contributed by atoms with Crippen molar-refractivity contribution < 1.29 is 14.6 Å². The minimum atomic E-state index is -0.961. The predicted octanol–water partition coefficient (Wildman–Crippen LogP) is 9.77. The van der Waals surface area contributed by atoms with Crippen molar-refractivity contribution in [1.82, 2.24) is 0 Å². The molecule has 0 aliphatic rings. The van der Waals surface area contributed by atoms with Gasteiger partial charge in [-0.05, 0) is 100.0 Å². The van der Waals surface area contributed by atoms with Crippen molar-refractivity contribution >= 4 is 11.4 Å². The second kappa shape index (κ2) is 13.7. The highest BCUT2D eigenvalue weighted by atomic mass is 16.5. The zero-order valence-electron chi connectivity index (χ0n) is 26.7. The Morgan fingerprint density at radius 1 is 0.596 bits per heavy atom. The Balaban J connectivity index is 1.37. The van der Waals surface area contributed by atoms with Crippen LogP contribution in [0.15, 0.2) is 140 Å². The quantitative estimate of drug-likeness (QED) is 0.160. The first-order valence-corrected chi connectivity index (χ1v) is 15.5. The summed E-state index contributed by atoms with van der Waals surface area (Å²) in [6, 6.07) is 49.2. The van der Waals surface area contributed by atoms with Crippen LogP contribution in [0.4, 0.5) is 11.4 Å². The number of hydrogen-bond acceptors (Lipinski definition) is 5. The van der Waals surface area contributed by atoms with Gasteiger partial charge in [0.15, 0.2) is 0 Å². The molecule has 0 heterocycles. The second-order valence-corrected chi connectivity index (χ2v) is 11.6. The van der Waals surface area contributed by atoms with Gasteiger partial charge in [0.2, 0.25) is 0 Å². The average molecular weight is 617 g/mol. The monoisotopic (exact) mass is 616 g/mol. The van der Waals surface area contributed by atoms with Gasteiger partial charge < -0.3 is 19.9 Å². The third-order valence-electron chi connectivity index (χ3n) is 8.72. The average Bonchev–Trinajstić information content (AvgIpc) is 3.15. The number of methoxy groups -OCH3 is 2. The molecule has 6 aromatic rings. The van der Waals surface area contributed by atoms with E-state index >= 15 is 0 Å². The zero-order valence-corrected chi connectivity index (χ0v) is 26.7. The lowest BCUT2D eigenvalue weighted by atomic mass is 9.75. The van der Waals surface area contributed by atoms with E-state index in [4.69, 9.17) is 9.47 Å². The first-order chi connectivity index (χ1) is 22.9. The van der Waals surface area contributed by atoms with Gasteiger partial charge in [0.05, 0.1) is 26.9 Å². The van der Waals surface area contributed by atoms with Gasteiger partial charge in [0.1, 0.15) is 16.9 Å². The number of aliphatic hydroxyl groups excluding tert-OH is 1. The van der Waals surface area contributed by atoms with Gasteiger partial charge in [-0.15, -0.1) is 0 Å². The van der Waals surface area contributed by atoms with Crippen LogP contribution in [-0.4, -0.2) is 19.3 Å². The lowest BCUT2D eigenvalue weighted by molar-refractivity contribution is 0.282. The predicted molar refractivity (Wildman–Crippen MR) is 190 cm³/mol. The van der Waals surface area contributed by atoms with E-state index in [-0.39, 0.29) is 6.61 Å². The molecule has 5 nitrogen and oxygen atoms in total. The first-order valence-electron chi connectivity index (χ1n) is 15.5. The SMILES string of the molecule is COc1ccc(-c2ccc(C(C)(C#N)c3cc(-c4ccc(OC)cc4)ccc3Nc3ccc(-c4ccc(CO)cc4)cc3)cc2)cc1. The molecule has 0 aliphatic heterocycles. The normalized spacial score (nSPS) is 12.1. The van der Waals surface area contributed by atoms with E-state index in [2.05, 4.69) is 53.9 Å². The van der Waals surface area contributed by atoms with Gasteiger partial charge in [-0.1, -0.05) is 91.0 Å². The molecule has 5 heteroatoms. The lowest BCUT2D eigenvalue weighted by Gasteiger charge is -2.27. The van der Waals surface area contributed by atoms with E-state index in [1.807, 2.05) is 104 Å². The van der Waals surface area contributed by atoms with Gasteiger partial charge in [-0.2, -0.15) is 5.26 Å². The fourth-order valence-electron chi connectivity index (χ4n) is 5.79. The van der Waals surface area contributed by atoms with Crippen LogP contribution in [-0.2, 0) is 12.0 Å². The number of benzene rings is 6. The summed E-state index contributed by atoms with van der Waals surface area (Å²) >= 11 is 0. The number of nitrogens with one attached hydrogen (secondary N) is 1. The second-order valence-electron chi connectivity index (χ2n) is 11.6. The molecule has 1 unspecified atom stereocenters. The molecular formula is C42H36N2O3. The van der Waals surface area contributed by atoms with Crippen LogP contribution in [0, 0.1) is 11.3 Å². The molecule has 0 fully saturated rings. The molecule has 6 aromatic carbocycles. The molecule has 2 N–H and O–H groups in total. The molecule has 0 saturated heterocycles. The molecule has 47 heavy (non-hydrogen) atoms. The van der Waals surface area contributed by atoms with Gasteiger partial charge in [0.25, 0.3) is 0 Å². The third-order valence-corrected chi connectivity index (χ3v) is 8.72. The summed E-state index contributed by atoms with van der Waals surface area (Å²) in [6.07, 6.45) is 0. The molecule has 0 spiro atoms. The van der Waals surface area contributed by atoms with E-state index in [0.717, 1.165) is 72.9 Å². The number of aliphatic hydroxyl groups is 1. The van der Waals surface area contributed by atoms with Crippen molar-refractivity contribution in [2.24, 2.45) is 0 Å². The third kappa shape index (κ3) is 6.60. The van der Waals surface area contributed by atoms with E-state index in [9.17, 15) is 10.4 Å². The molecule has 6 rings (SSSR count). The lowest BCUT2D eigenvalue weighted by Crippen LogP contribution is -2.23. The van der Waals surface area contributed by atoms with Crippen molar-refractivity contribution in [2.45, 2.75) is 18.9 Å². The van der Waals surface area contributed by atoms with Crippen LogP contribution in [0.1, 0.15) is 23.6 Å². The van der Waals surface area contributed by atoms with Crippen LogP contribution >= 0.6 is 0 Å². The van der Waals surface area contributed by atoms with E-state index < -0.39 is 5.41 Å². The van der Waals surface area contributed by atoms with Crippen LogP contribution in [0.2, 0.25) is 0 Å². The molecule has 0 aliphatic carbocycles. The molecule has 1 atom stereocenters. The summed E-state index contributed by atoms with van der Waals surface area (Å²) in [6.45, 7) is 2.00. The Bertz CT molecular complexity index is 1990. The van der Waals surface area contributed by atoms with Crippen molar-refractivity contribution in [1.29, 1.82) is 5.26 Å². The molecule has 0 saturated carbocycles. The topological polar surface area (TPSA) is 74.5 Å². The van der Waals surface area contributed by atoms with Crippen LogP contribution < -0.4 is 14.8 Å². The smallest absolute Gasteiger partial charge is 0.118 e. The number of hydrogen-bond donors (Lipinski definition) is 2. The van der Waals surface area contributed by atoms with Crippen LogP contribution in [0.5, 0.6) is 11.5 Å². The standard InChI is InChI=1S/C42H36N2O3/c1-42(28-43,36-17-8-31(9-18-36)33-12-21-38(46-2)22-13-33)40-26-35(34-14-23-39(47-3)24-15-34)16-25-41(40)44-37-19-10-32(11-20-37)30-6-4-29(27-45)5-7-30/h4-26,44-45H,27H2,1-3H3. The van der Waals surface area contributed by atoms with Crippen molar-refractivity contribution in [3.63, 3.8) is 0 Å². The largest absolute Gasteiger partial charge is 0.497 e. The molecule has 0 aromatic heterocycles. The first kappa shape index (κ1) is 31.2. The van der Waals surface area contributed by atoms with Gasteiger partial charge in [-0.3, -0.25) is 0 Å². The summed E-state index contributed by atoms with van der Waals surface area (Å²) in [5, 5.41) is 23.8. The molecular weight excluding hydrogens is 580 g/mol. The van der Waals surface area contributed by atoms with Gasteiger partial charge in [-0.25, -0.2) is 0 Å². The van der Waals surface area contributed by atoms with Crippen molar-refractivity contribution in [3.05, 3.63) is 156 Å². The molecule has 0 bridgehead atoms. The summed E-state index contributed by atoms with van der Waals surface area (Å²) in [4.78, 5) is 0. The maximum Gasteiger partial charge on any atom is 0.118 e. The summed E-state index contributed by atoms with van der Waals surface area (Å²) in [5.74, 6) is 1.60. The van der Waals surface area contributed by atoms with E-state index in [1.54, 1.807) is 14.2 Å². The number of nitrogens with zero attached hydrogens (tertiary/aromatic N) is 1. The Morgan fingerprint density at radius 2 is 1.02 bits per heavy atom. The molecule has 0 radical (unpaired) electrons. The Kier molecular flexibility index (Phi) is 9.06. The highest BCUT2D eigenvalue weighted by Gasteiger charge is 2.32. The fourth-order valence-corrected chi connectivity index (χ4v) is 5.79. The van der Waals surface area contributed by atoms with E-state index in [0.29, 0.717) is 0 Å². The Labute approximate surface area is 276 Å². The Hall–Kier alpha value is -5.83. The highest BCUT2D eigenvalue weighted by molar-refractivity contribution is 5.76. The molecule has 0 amide bonds. The maximum absolute atomic E-state index is 10.8. The number of ether oxygens (including phenoxy) is 2. The number of anilines is 2. The number of rotatable bonds is 10. The Morgan fingerprint density at radius 3 is 1.49 bits per heavy atom. The van der Waals surface area contributed by atoms with E-state index in [1.165, 1.54) is 0 Å². The summed E-state index contributed by atoms with van der Waals surface area (Å²) in [5.41, 5.74) is 9.79. The molecule has 232 valence electrons. The van der Waals surface area contributed by atoms with Crippen LogP contribution in [0.3, 0.4) is 0 Å². The van der Waals surface area contributed by atoms with Crippen molar-refractivity contribution in [3.8, 4) is 50.9 Å². The van der Waals surface area contributed by atoms with Crippen LogP contribution in [0.25, 0.3) is 33.4 Å². The number of nitriles is 1. The summed E-state index contributed by atoms with van der Waals surface area (Å²) in [7, 11) is 3.32. The highest BCUT2D eigenvalue weighted by Crippen LogP contribution is 2.41. The maximum atomic E-state index is 10.8. The van der Waals surface area contributed by atoms with Crippen molar-refractivity contribution in [2.75, 3.05) is 19.5 Å². The minimum Gasteiger partial charge on any atom is -0.497 e. The fraction of sp³-hybridized carbons (Fsp3) is 0.119. The van der Waals surface area contributed by atoms with Gasteiger partial charge >= 0.3 is 0 Å². The van der Waals surface area contributed by atoms with Gasteiger partial charge in [0, 0.05) is 16.9 Å². The summed E-state index contributed by atoms with van der Waals surface area (Å²) < 4.78 is 10.7. The minimum absolute atomic E-state index is 0.0250.